The van der Waals surface area contributed by atoms with Crippen LogP contribution in [0.3, 0.4) is 0 Å². The van der Waals surface area contributed by atoms with Gasteiger partial charge in [0, 0.05) is 18.9 Å². The second-order valence-electron chi connectivity index (χ2n) is 4.64. The van der Waals surface area contributed by atoms with Crippen molar-refractivity contribution in [3.05, 3.63) is 24.0 Å². The minimum absolute atomic E-state index is 0.611. The summed E-state index contributed by atoms with van der Waals surface area (Å²) in [6.07, 6.45) is 7.87. The second kappa shape index (κ2) is 4.65. The molecule has 1 heterocycles. The molecule has 1 N–H and O–H groups in total. The Kier molecular flexibility index (Phi) is 3.24. The highest BCUT2D eigenvalue weighted by Crippen LogP contribution is 2.29. The van der Waals surface area contributed by atoms with E-state index in [9.17, 15) is 0 Å². The molecule has 0 bridgehead atoms. The van der Waals surface area contributed by atoms with Crippen LogP contribution in [-0.4, -0.2) is 11.5 Å². The molecule has 0 spiro atoms. The summed E-state index contributed by atoms with van der Waals surface area (Å²) in [5, 5.41) is 3.46. The Morgan fingerprint density at radius 1 is 1.47 bits per heavy atom. The monoisotopic (exact) mass is 204 g/mol. The minimum Gasteiger partial charge on any atom is -0.384 e. The van der Waals surface area contributed by atoms with Gasteiger partial charge in [0.1, 0.15) is 0 Å². The van der Waals surface area contributed by atoms with Gasteiger partial charge >= 0.3 is 0 Å². The highest BCUT2D eigenvalue weighted by molar-refractivity contribution is 5.43. The van der Waals surface area contributed by atoms with Crippen LogP contribution in [-0.2, 0) is 0 Å². The maximum Gasteiger partial charge on any atom is 0.0529 e. The Morgan fingerprint density at radius 3 is 2.93 bits per heavy atom. The first-order valence-corrected chi connectivity index (χ1v) is 5.98. The number of nitrogens with zero attached hydrogens (tertiary/aromatic N) is 1. The lowest BCUT2D eigenvalue weighted by Crippen LogP contribution is -2.04. The van der Waals surface area contributed by atoms with E-state index in [2.05, 4.69) is 30.2 Å². The number of anilines is 1. The number of nitrogens with one attached hydrogen (secondary N) is 1. The smallest absolute Gasteiger partial charge is 0.0529 e. The molecule has 2 nitrogen and oxygen atoms in total. The van der Waals surface area contributed by atoms with Crippen molar-refractivity contribution in [1.29, 1.82) is 0 Å². The molecule has 0 aliphatic heterocycles. The van der Waals surface area contributed by atoms with Gasteiger partial charge < -0.3 is 5.32 Å². The van der Waals surface area contributed by atoms with Crippen molar-refractivity contribution in [2.75, 3.05) is 11.9 Å². The Hall–Kier alpha value is -1.05. The van der Waals surface area contributed by atoms with Crippen LogP contribution < -0.4 is 5.32 Å². The summed E-state index contributed by atoms with van der Waals surface area (Å²) < 4.78 is 0. The third kappa shape index (κ3) is 2.95. The zero-order valence-electron chi connectivity index (χ0n) is 9.66. The summed E-state index contributed by atoms with van der Waals surface area (Å²) in [6.45, 7) is 5.59. The van der Waals surface area contributed by atoms with Gasteiger partial charge in [0.25, 0.3) is 0 Å². The molecule has 82 valence electrons. The van der Waals surface area contributed by atoms with Gasteiger partial charge in [0.2, 0.25) is 0 Å². The van der Waals surface area contributed by atoms with Crippen LogP contribution in [0.1, 0.15) is 44.6 Å². The Balaban J connectivity index is 1.97. The summed E-state index contributed by atoms with van der Waals surface area (Å²) in [4.78, 5) is 4.29. The molecule has 0 radical (unpaired) electrons. The molecular weight excluding hydrogens is 184 g/mol. The van der Waals surface area contributed by atoms with E-state index in [1.54, 1.807) is 0 Å². The summed E-state index contributed by atoms with van der Waals surface area (Å²) in [5.74, 6) is 1.53. The van der Waals surface area contributed by atoms with E-state index in [0.717, 1.165) is 12.5 Å². The number of aromatic nitrogens is 1. The van der Waals surface area contributed by atoms with E-state index in [-0.39, 0.29) is 0 Å². The first-order valence-electron chi connectivity index (χ1n) is 5.98. The molecule has 1 aliphatic rings. The first-order chi connectivity index (χ1) is 7.29. The summed E-state index contributed by atoms with van der Waals surface area (Å²) in [5.41, 5.74) is 2.53. The van der Waals surface area contributed by atoms with Crippen LogP contribution in [0.15, 0.2) is 18.5 Å². The molecule has 1 fully saturated rings. The minimum atomic E-state index is 0.611. The van der Waals surface area contributed by atoms with Crippen molar-refractivity contribution < 1.29 is 0 Å². The number of rotatable bonds is 5. The predicted molar refractivity (Wildman–Crippen MR) is 64.2 cm³/mol. The number of hydrogen-bond acceptors (Lipinski definition) is 2. The zero-order chi connectivity index (χ0) is 10.7. The maximum absolute atomic E-state index is 4.29. The molecule has 1 aliphatic carbocycles. The first kappa shape index (κ1) is 10.5. The molecule has 2 rings (SSSR count). The van der Waals surface area contributed by atoms with Crippen LogP contribution in [0.2, 0.25) is 0 Å². The Morgan fingerprint density at radius 2 is 2.27 bits per heavy atom. The molecular formula is C13H20N2. The van der Waals surface area contributed by atoms with Crippen molar-refractivity contribution in [1.82, 2.24) is 4.98 Å². The average Bonchev–Trinajstić information content (AvgIpc) is 3.09. The van der Waals surface area contributed by atoms with Gasteiger partial charge in [-0.15, -0.1) is 0 Å². The fourth-order valence-electron chi connectivity index (χ4n) is 1.64. The molecule has 15 heavy (non-hydrogen) atoms. The fraction of sp³-hybridized carbons (Fsp3) is 0.615. The third-order valence-corrected chi connectivity index (χ3v) is 3.23. The van der Waals surface area contributed by atoms with Gasteiger partial charge in [-0.1, -0.05) is 13.8 Å². The predicted octanol–water partition coefficient (Wildman–Crippen LogP) is 3.42. The van der Waals surface area contributed by atoms with Crippen molar-refractivity contribution in [3.63, 3.8) is 0 Å². The summed E-state index contributed by atoms with van der Waals surface area (Å²) in [7, 11) is 0. The van der Waals surface area contributed by atoms with Crippen molar-refractivity contribution in [3.8, 4) is 0 Å². The van der Waals surface area contributed by atoms with Crippen molar-refractivity contribution in [2.45, 2.75) is 39.0 Å². The van der Waals surface area contributed by atoms with Gasteiger partial charge in [0.05, 0.1) is 5.69 Å². The zero-order valence-corrected chi connectivity index (χ0v) is 9.66. The van der Waals surface area contributed by atoms with Gasteiger partial charge in [-0.25, -0.2) is 0 Å². The molecule has 1 unspecified atom stereocenters. The van der Waals surface area contributed by atoms with E-state index in [4.69, 9.17) is 0 Å². The molecule has 0 aromatic carbocycles. The standard InChI is InChI=1S/C13H20N2/c1-3-10(2)12-6-13(9-14-8-12)15-7-11-4-5-11/h6,8-11,15H,3-5,7H2,1-2H3. The largest absolute Gasteiger partial charge is 0.384 e. The molecule has 1 atom stereocenters. The Bertz CT molecular complexity index is 318. The second-order valence-corrected chi connectivity index (χ2v) is 4.64. The van der Waals surface area contributed by atoms with Crippen LogP contribution in [0, 0.1) is 5.92 Å². The molecule has 0 amide bonds. The van der Waals surface area contributed by atoms with E-state index < -0.39 is 0 Å². The van der Waals surface area contributed by atoms with Crippen LogP contribution in [0.4, 0.5) is 5.69 Å². The van der Waals surface area contributed by atoms with E-state index in [0.29, 0.717) is 5.92 Å². The molecule has 1 aromatic heterocycles. The van der Waals surface area contributed by atoms with Crippen molar-refractivity contribution >= 4 is 5.69 Å². The fourth-order valence-corrected chi connectivity index (χ4v) is 1.64. The van der Waals surface area contributed by atoms with Crippen LogP contribution in [0.25, 0.3) is 0 Å². The van der Waals surface area contributed by atoms with E-state index in [1.807, 2.05) is 12.4 Å². The SMILES string of the molecule is CCC(C)c1cncc(NCC2CC2)c1. The highest BCUT2D eigenvalue weighted by Gasteiger charge is 2.20. The highest BCUT2D eigenvalue weighted by atomic mass is 14.9. The van der Waals surface area contributed by atoms with Crippen LogP contribution >= 0.6 is 0 Å². The Labute approximate surface area is 92.1 Å². The van der Waals surface area contributed by atoms with Gasteiger partial charge in [-0.2, -0.15) is 0 Å². The molecule has 1 aromatic rings. The lowest BCUT2D eigenvalue weighted by molar-refractivity contribution is 0.729. The third-order valence-electron chi connectivity index (χ3n) is 3.23. The quantitative estimate of drug-likeness (QED) is 0.795. The van der Waals surface area contributed by atoms with Crippen LogP contribution in [0.5, 0.6) is 0 Å². The van der Waals surface area contributed by atoms with Crippen molar-refractivity contribution in [2.24, 2.45) is 5.92 Å². The topological polar surface area (TPSA) is 24.9 Å². The number of pyridine rings is 1. The average molecular weight is 204 g/mol. The molecule has 0 saturated heterocycles. The van der Waals surface area contributed by atoms with E-state index >= 15 is 0 Å². The molecule has 2 heteroatoms. The normalized spacial score (nSPS) is 17.5. The summed E-state index contributed by atoms with van der Waals surface area (Å²) in [6, 6.07) is 2.24. The summed E-state index contributed by atoms with van der Waals surface area (Å²) >= 11 is 0. The molecule has 1 saturated carbocycles. The maximum atomic E-state index is 4.29. The lowest BCUT2D eigenvalue weighted by atomic mass is 10.0. The van der Waals surface area contributed by atoms with Gasteiger partial charge in [0.15, 0.2) is 0 Å². The van der Waals surface area contributed by atoms with Gasteiger partial charge in [-0.3, -0.25) is 4.98 Å². The number of hydrogen-bond donors (Lipinski definition) is 1. The van der Waals surface area contributed by atoms with Gasteiger partial charge in [-0.05, 0) is 42.7 Å². The van der Waals surface area contributed by atoms with E-state index in [1.165, 1.54) is 30.5 Å². The lowest BCUT2D eigenvalue weighted by Gasteiger charge is -2.11.